The van der Waals surface area contributed by atoms with Gasteiger partial charge in [-0.3, -0.25) is 4.99 Å². The molecule has 0 aliphatic carbocycles. The van der Waals surface area contributed by atoms with Crippen molar-refractivity contribution in [3.8, 4) is 0 Å². The molecule has 0 aromatic heterocycles. The number of guanidine groups is 1. The molecule has 2 N–H and O–H groups in total. The average Bonchev–Trinajstić information content (AvgIpc) is 2.58. The third-order valence-corrected chi connectivity index (χ3v) is 5.41. The molecule has 6 heteroatoms. The highest BCUT2D eigenvalue weighted by Crippen LogP contribution is 2.16. The van der Waals surface area contributed by atoms with Gasteiger partial charge in [0.15, 0.2) is 15.8 Å². The van der Waals surface area contributed by atoms with Crippen LogP contribution in [0.15, 0.2) is 52.4 Å². The van der Waals surface area contributed by atoms with Gasteiger partial charge in [-0.25, -0.2) is 8.42 Å². The van der Waals surface area contributed by atoms with Crippen LogP contribution in [0.2, 0.25) is 0 Å². The second-order valence-corrected chi connectivity index (χ2v) is 8.44. The quantitative estimate of drug-likeness (QED) is 0.603. The van der Waals surface area contributed by atoms with Crippen molar-refractivity contribution >= 4 is 15.8 Å². The normalized spacial score (nSPS) is 12.1. The first kappa shape index (κ1) is 20.0. The van der Waals surface area contributed by atoms with Gasteiger partial charge in [-0.05, 0) is 43.0 Å². The number of hydrogen-bond acceptors (Lipinski definition) is 3. The van der Waals surface area contributed by atoms with Crippen LogP contribution >= 0.6 is 0 Å². The van der Waals surface area contributed by atoms with Crippen molar-refractivity contribution < 1.29 is 8.42 Å². The largest absolute Gasteiger partial charge is 0.356 e. The van der Waals surface area contributed by atoms with Gasteiger partial charge in [-0.1, -0.05) is 42.0 Å². The summed E-state index contributed by atoms with van der Waals surface area (Å²) in [6.45, 7) is 5.26. The Morgan fingerprint density at radius 1 is 1.00 bits per heavy atom. The van der Waals surface area contributed by atoms with Gasteiger partial charge in [0.2, 0.25) is 0 Å². The van der Waals surface area contributed by atoms with Crippen LogP contribution in [0.5, 0.6) is 0 Å². The summed E-state index contributed by atoms with van der Waals surface area (Å²) in [6.07, 6.45) is 2.15. The minimum absolute atomic E-state index is 0.377. The zero-order chi connectivity index (χ0) is 19.2. The summed E-state index contributed by atoms with van der Waals surface area (Å²) in [6, 6.07) is 13.9. The topological polar surface area (TPSA) is 70.6 Å². The van der Waals surface area contributed by atoms with Gasteiger partial charge in [-0.2, -0.15) is 0 Å². The van der Waals surface area contributed by atoms with Crippen molar-refractivity contribution in [2.24, 2.45) is 4.99 Å². The number of nitrogens with one attached hydrogen (secondary N) is 2. The third kappa shape index (κ3) is 5.88. The molecule has 0 radical (unpaired) electrons. The molecule has 0 fully saturated rings. The molecule has 2 aromatic carbocycles. The lowest BCUT2D eigenvalue weighted by Gasteiger charge is -2.13. The predicted molar refractivity (Wildman–Crippen MR) is 107 cm³/mol. The van der Waals surface area contributed by atoms with Gasteiger partial charge in [0.05, 0.1) is 4.90 Å². The van der Waals surface area contributed by atoms with Crippen LogP contribution in [0.25, 0.3) is 0 Å². The lowest BCUT2D eigenvalue weighted by atomic mass is 10.1. The lowest BCUT2D eigenvalue weighted by molar-refractivity contribution is 0.601. The van der Waals surface area contributed by atoms with E-state index in [9.17, 15) is 8.42 Å². The van der Waals surface area contributed by atoms with Crippen LogP contribution in [0, 0.1) is 13.8 Å². The molecule has 2 rings (SSSR count). The van der Waals surface area contributed by atoms with Crippen LogP contribution < -0.4 is 10.6 Å². The number of aliphatic imine (C=N–C) groups is 1. The Morgan fingerprint density at radius 3 is 2.23 bits per heavy atom. The van der Waals surface area contributed by atoms with E-state index in [1.807, 2.05) is 19.1 Å². The van der Waals surface area contributed by atoms with Crippen molar-refractivity contribution in [3.63, 3.8) is 0 Å². The minimum atomic E-state index is -3.18. The summed E-state index contributed by atoms with van der Waals surface area (Å²) in [7, 11) is -1.45. The Bertz CT molecular complexity index is 872. The standard InChI is InChI=1S/C20H27N3O2S/c1-15-5-7-17(8-6-15)11-12-22-20(21-3)23-14-18-9-10-19(16(2)13-18)26(4,24)25/h5-10,13H,11-12,14H2,1-4H3,(H2,21,22,23). The molecular weight excluding hydrogens is 346 g/mol. The van der Waals surface area contributed by atoms with E-state index in [1.165, 1.54) is 17.4 Å². The summed E-state index contributed by atoms with van der Waals surface area (Å²) < 4.78 is 23.4. The molecule has 0 bridgehead atoms. The molecule has 0 aliphatic rings. The van der Waals surface area contributed by atoms with Crippen molar-refractivity contribution in [3.05, 3.63) is 64.7 Å². The molecule has 5 nitrogen and oxygen atoms in total. The Hall–Kier alpha value is -2.34. The van der Waals surface area contributed by atoms with E-state index in [1.54, 1.807) is 13.1 Å². The van der Waals surface area contributed by atoms with Crippen molar-refractivity contribution in [2.75, 3.05) is 19.8 Å². The highest BCUT2D eigenvalue weighted by atomic mass is 32.2. The molecule has 0 unspecified atom stereocenters. The van der Waals surface area contributed by atoms with E-state index in [0.717, 1.165) is 30.1 Å². The second kappa shape index (κ2) is 8.85. The number of aryl methyl sites for hydroxylation is 2. The highest BCUT2D eigenvalue weighted by molar-refractivity contribution is 7.90. The summed E-state index contributed by atoms with van der Waals surface area (Å²) in [5.41, 5.74) is 4.31. The number of hydrogen-bond donors (Lipinski definition) is 2. The summed E-state index contributed by atoms with van der Waals surface area (Å²) in [4.78, 5) is 4.60. The van der Waals surface area contributed by atoms with E-state index in [2.05, 4.69) is 46.8 Å². The second-order valence-electron chi connectivity index (χ2n) is 6.46. The molecule has 0 saturated carbocycles. The van der Waals surface area contributed by atoms with Crippen LogP contribution in [0.1, 0.15) is 22.3 Å². The third-order valence-electron chi connectivity index (χ3n) is 4.15. The molecular formula is C20H27N3O2S. The van der Waals surface area contributed by atoms with E-state index >= 15 is 0 Å². The van der Waals surface area contributed by atoms with Gasteiger partial charge < -0.3 is 10.6 Å². The van der Waals surface area contributed by atoms with E-state index in [0.29, 0.717) is 11.4 Å². The van der Waals surface area contributed by atoms with Crippen molar-refractivity contribution in [1.29, 1.82) is 0 Å². The van der Waals surface area contributed by atoms with Gasteiger partial charge in [0, 0.05) is 26.4 Å². The summed E-state index contributed by atoms with van der Waals surface area (Å²) in [5, 5.41) is 6.55. The molecule has 0 atom stereocenters. The van der Waals surface area contributed by atoms with Gasteiger partial charge in [-0.15, -0.1) is 0 Å². The van der Waals surface area contributed by atoms with E-state index in [4.69, 9.17) is 0 Å². The lowest BCUT2D eigenvalue weighted by Crippen LogP contribution is -2.37. The van der Waals surface area contributed by atoms with Crippen LogP contribution in [-0.4, -0.2) is 34.2 Å². The van der Waals surface area contributed by atoms with Crippen LogP contribution in [0.4, 0.5) is 0 Å². The Balaban J connectivity index is 1.87. The van der Waals surface area contributed by atoms with Gasteiger partial charge in [0.1, 0.15) is 0 Å². The molecule has 0 heterocycles. The first-order valence-corrected chi connectivity index (χ1v) is 10.5. The molecule has 140 valence electrons. The van der Waals surface area contributed by atoms with Crippen molar-refractivity contribution in [2.45, 2.75) is 31.7 Å². The van der Waals surface area contributed by atoms with Gasteiger partial charge in [0.25, 0.3) is 0 Å². The number of sulfone groups is 1. The maximum atomic E-state index is 11.7. The molecule has 0 amide bonds. The van der Waals surface area contributed by atoms with E-state index in [-0.39, 0.29) is 0 Å². The Morgan fingerprint density at radius 2 is 1.65 bits per heavy atom. The predicted octanol–water partition coefficient (Wildman–Crippen LogP) is 2.61. The fourth-order valence-electron chi connectivity index (χ4n) is 2.72. The molecule has 0 aliphatic heterocycles. The first-order chi connectivity index (χ1) is 12.3. The zero-order valence-corrected chi connectivity index (χ0v) is 16.7. The minimum Gasteiger partial charge on any atom is -0.356 e. The smallest absolute Gasteiger partial charge is 0.191 e. The number of rotatable bonds is 6. The fourth-order valence-corrected chi connectivity index (χ4v) is 3.68. The van der Waals surface area contributed by atoms with Crippen LogP contribution in [0.3, 0.4) is 0 Å². The molecule has 0 spiro atoms. The first-order valence-electron chi connectivity index (χ1n) is 8.59. The maximum absolute atomic E-state index is 11.7. The molecule has 0 saturated heterocycles. The van der Waals surface area contributed by atoms with E-state index < -0.39 is 9.84 Å². The monoisotopic (exact) mass is 373 g/mol. The zero-order valence-electron chi connectivity index (χ0n) is 15.8. The SMILES string of the molecule is CN=C(NCCc1ccc(C)cc1)NCc1ccc(S(C)(=O)=O)c(C)c1. The maximum Gasteiger partial charge on any atom is 0.191 e. The summed E-state index contributed by atoms with van der Waals surface area (Å²) >= 11 is 0. The average molecular weight is 374 g/mol. The fraction of sp³-hybridized carbons (Fsp3) is 0.350. The van der Waals surface area contributed by atoms with Crippen molar-refractivity contribution in [1.82, 2.24) is 10.6 Å². The number of benzene rings is 2. The van der Waals surface area contributed by atoms with Crippen LogP contribution in [-0.2, 0) is 22.8 Å². The molecule has 2 aromatic rings. The Kier molecular flexibility index (Phi) is 6.80. The highest BCUT2D eigenvalue weighted by Gasteiger charge is 2.10. The number of nitrogens with zero attached hydrogens (tertiary/aromatic N) is 1. The molecule has 26 heavy (non-hydrogen) atoms. The van der Waals surface area contributed by atoms with Gasteiger partial charge >= 0.3 is 0 Å². The Labute approximate surface area is 156 Å². The summed E-state index contributed by atoms with van der Waals surface area (Å²) in [5.74, 6) is 0.724.